The number of aromatic nitrogens is 2. The van der Waals surface area contributed by atoms with Gasteiger partial charge in [0.05, 0.1) is 47.1 Å². The predicted molar refractivity (Wildman–Crippen MR) is 108 cm³/mol. The van der Waals surface area contributed by atoms with Gasteiger partial charge in [-0.05, 0) is 37.6 Å². The fourth-order valence-corrected chi connectivity index (χ4v) is 3.51. The third-order valence-electron chi connectivity index (χ3n) is 4.85. The Morgan fingerprint density at radius 2 is 1.86 bits per heavy atom. The molecule has 3 rings (SSSR count). The Hall–Kier alpha value is -3.61. The van der Waals surface area contributed by atoms with Gasteiger partial charge < -0.3 is 9.30 Å². The summed E-state index contributed by atoms with van der Waals surface area (Å²) in [6, 6.07) is 13.0. The monoisotopic (exact) mass is 404 g/mol. The second-order valence-corrected chi connectivity index (χ2v) is 6.88. The summed E-state index contributed by atoms with van der Waals surface area (Å²) in [5.74, 6) is -0.523. The van der Waals surface area contributed by atoms with Crippen molar-refractivity contribution in [1.29, 1.82) is 10.5 Å². The predicted octanol–water partition coefficient (Wildman–Crippen LogP) is 4.40. The highest BCUT2D eigenvalue weighted by atomic mass is 35.5. The van der Waals surface area contributed by atoms with Crippen molar-refractivity contribution in [3.8, 4) is 23.3 Å². The molecule has 2 heterocycles. The molecule has 1 aromatic carbocycles. The third-order valence-corrected chi connectivity index (χ3v) is 5.05. The summed E-state index contributed by atoms with van der Waals surface area (Å²) >= 11 is 6.00. The van der Waals surface area contributed by atoms with Gasteiger partial charge in [0.2, 0.25) is 0 Å². The van der Waals surface area contributed by atoms with E-state index < -0.39 is 5.97 Å². The quantitative estimate of drug-likeness (QED) is 0.601. The molecule has 0 saturated heterocycles. The lowest BCUT2D eigenvalue weighted by Gasteiger charge is -2.12. The number of pyridine rings is 1. The summed E-state index contributed by atoms with van der Waals surface area (Å²) in [6.07, 6.45) is 1.48. The number of nitrogens with zero attached hydrogens (tertiary/aromatic N) is 4. The molecule has 6 nitrogen and oxygen atoms in total. The maximum Gasteiger partial charge on any atom is 0.339 e. The van der Waals surface area contributed by atoms with Gasteiger partial charge in [-0.25, -0.2) is 4.79 Å². The first-order valence-corrected chi connectivity index (χ1v) is 9.12. The van der Waals surface area contributed by atoms with Crippen LogP contribution in [0.1, 0.15) is 38.6 Å². The number of carbonyl (C=O) groups is 1. The Morgan fingerprint density at radius 3 is 2.45 bits per heavy atom. The zero-order chi connectivity index (χ0) is 21.1. The number of esters is 1. The number of hydrogen-bond donors (Lipinski definition) is 0. The van der Waals surface area contributed by atoms with Crippen LogP contribution in [0.15, 0.2) is 36.5 Å². The Labute approximate surface area is 173 Å². The van der Waals surface area contributed by atoms with Crippen LogP contribution in [0.25, 0.3) is 11.1 Å². The summed E-state index contributed by atoms with van der Waals surface area (Å²) < 4.78 is 6.79. The smallest absolute Gasteiger partial charge is 0.339 e. The molecule has 0 saturated carbocycles. The van der Waals surface area contributed by atoms with Crippen LogP contribution >= 0.6 is 11.6 Å². The van der Waals surface area contributed by atoms with Crippen molar-refractivity contribution >= 4 is 17.6 Å². The zero-order valence-electron chi connectivity index (χ0n) is 16.2. The van der Waals surface area contributed by atoms with Gasteiger partial charge in [0.1, 0.15) is 6.07 Å². The Bertz CT molecular complexity index is 1180. The maximum atomic E-state index is 12.1. The van der Waals surface area contributed by atoms with Crippen molar-refractivity contribution in [2.75, 3.05) is 7.11 Å². The fraction of sp³-hybridized carbons (Fsp3) is 0.182. The molecule has 0 aliphatic carbocycles. The summed E-state index contributed by atoms with van der Waals surface area (Å²) in [7, 11) is 1.30. The van der Waals surface area contributed by atoms with Crippen molar-refractivity contribution in [3.05, 3.63) is 75.3 Å². The van der Waals surface area contributed by atoms with Gasteiger partial charge in [0.15, 0.2) is 0 Å². The number of rotatable bonds is 4. The van der Waals surface area contributed by atoms with E-state index in [2.05, 4.69) is 17.1 Å². The van der Waals surface area contributed by atoms with E-state index >= 15 is 0 Å². The van der Waals surface area contributed by atoms with E-state index in [4.69, 9.17) is 21.6 Å². The molecule has 0 bridgehead atoms. The topological polar surface area (TPSA) is 91.7 Å². The summed E-state index contributed by atoms with van der Waals surface area (Å²) in [5.41, 5.74) is 5.13. The zero-order valence-corrected chi connectivity index (χ0v) is 16.9. The second kappa shape index (κ2) is 8.18. The van der Waals surface area contributed by atoms with Gasteiger partial charge in [-0.3, -0.25) is 4.98 Å². The average molecular weight is 405 g/mol. The molecule has 7 heteroatoms. The number of hydrogen-bond acceptors (Lipinski definition) is 5. The largest absolute Gasteiger partial charge is 0.465 e. The minimum atomic E-state index is -0.523. The highest BCUT2D eigenvalue weighted by Crippen LogP contribution is 2.33. The van der Waals surface area contributed by atoms with E-state index in [0.29, 0.717) is 21.8 Å². The van der Waals surface area contributed by atoms with Gasteiger partial charge in [-0.15, -0.1) is 0 Å². The summed E-state index contributed by atoms with van der Waals surface area (Å²) in [4.78, 5) is 16.5. The SMILES string of the molecule is COC(=O)c1cc(Cl)cnc1Cn1c(C)c(C#N)c(-c2ccc(C#N)cc2)c1C. The fourth-order valence-electron chi connectivity index (χ4n) is 3.35. The lowest BCUT2D eigenvalue weighted by Crippen LogP contribution is -2.13. The standard InChI is InChI=1S/C22H17ClN4O2/c1-13-19(10-25)21(16-6-4-15(9-24)5-7-16)14(2)27(13)12-20-18(22(28)29-3)8-17(23)11-26-20/h4-8,11H,12H2,1-3H3. The number of benzene rings is 1. The van der Waals surface area contributed by atoms with Crippen molar-refractivity contribution in [3.63, 3.8) is 0 Å². The molecule has 0 aliphatic rings. The van der Waals surface area contributed by atoms with Gasteiger partial charge in [0.25, 0.3) is 0 Å². The maximum absolute atomic E-state index is 12.1. The average Bonchev–Trinajstić information content (AvgIpc) is 2.98. The van der Waals surface area contributed by atoms with Crippen LogP contribution < -0.4 is 0 Å². The van der Waals surface area contributed by atoms with Gasteiger partial charge >= 0.3 is 5.97 Å². The van der Waals surface area contributed by atoms with Crippen LogP contribution in [-0.4, -0.2) is 22.6 Å². The molecule has 0 radical (unpaired) electrons. The van der Waals surface area contributed by atoms with Crippen molar-refractivity contribution in [1.82, 2.24) is 9.55 Å². The van der Waals surface area contributed by atoms with E-state index in [1.54, 1.807) is 12.1 Å². The number of carbonyl (C=O) groups excluding carboxylic acids is 1. The Kier molecular flexibility index (Phi) is 5.68. The number of ether oxygens (including phenoxy) is 1. The molecule has 0 atom stereocenters. The lowest BCUT2D eigenvalue weighted by molar-refractivity contribution is 0.0598. The Morgan fingerprint density at radius 1 is 1.17 bits per heavy atom. The van der Waals surface area contributed by atoms with E-state index in [1.165, 1.54) is 19.4 Å². The normalized spacial score (nSPS) is 10.3. The van der Waals surface area contributed by atoms with Crippen molar-refractivity contribution in [2.45, 2.75) is 20.4 Å². The summed E-state index contributed by atoms with van der Waals surface area (Å²) in [5, 5.41) is 19.1. The van der Waals surface area contributed by atoms with Crippen LogP contribution in [0.3, 0.4) is 0 Å². The lowest BCUT2D eigenvalue weighted by atomic mass is 10.0. The Balaban J connectivity index is 2.13. The van der Waals surface area contributed by atoms with Crippen LogP contribution in [-0.2, 0) is 11.3 Å². The number of methoxy groups -OCH3 is 1. The molecule has 29 heavy (non-hydrogen) atoms. The number of halogens is 1. The molecule has 0 spiro atoms. The molecule has 3 aromatic rings. The van der Waals surface area contributed by atoms with Gasteiger partial charge in [0, 0.05) is 23.1 Å². The van der Waals surface area contributed by atoms with Crippen LogP contribution in [0.5, 0.6) is 0 Å². The van der Waals surface area contributed by atoms with Crippen LogP contribution in [0, 0.1) is 36.5 Å². The van der Waals surface area contributed by atoms with Gasteiger partial charge in [-0.2, -0.15) is 10.5 Å². The second-order valence-electron chi connectivity index (χ2n) is 6.45. The first-order chi connectivity index (χ1) is 13.9. The molecular weight excluding hydrogens is 388 g/mol. The molecule has 0 fully saturated rings. The summed E-state index contributed by atoms with van der Waals surface area (Å²) in [6.45, 7) is 4.05. The van der Waals surface area contributed by atoms with Crippen LogP contribution in [0.2, 0.25) is 5.02 Å². The first-order valence-electron chi connectivity index (χ1n) is 8.74. The molecule has 0 aliphatic heterocycles. The van der Waals surface area contributed by atoms with Crippen LogP contribution in [0.4, 0.5) is 0 Å². The molecular formula is C22H17ClN4O2. The number of nitriles is 2. The first kappa shape index (κ1) is 20.1. The minimum absolute atomic E-state index is 0.282. The van der Waals surface area contributed by atoms with E-state index in [9.17, 15) is 10.1 Å². The highest BCUT2D eigenvalue weighted by molar-refractivity contribution is 6.30. The molecule has 144 valence electrons. The minimum Gasteiger partial charge on any atom is -0.465 e. The molecule has 0 unspecified atom stereocenters. The van der Waals surface area contributed by atoms with E-state index in [-0.39, 0.29) is 12.1 Å². The van der Waals surface area contributed by atoms with Crippen molar-refractivity contribution in [2.24, 2.45) is 0 Å². The molecule has 0 N–H and O–H groups in total. The highest BCUT2D eigenvalue weighted by Gasteiger charge is 2.21. The molecule has 2 aromatic heterocycles. The van der Waals surface area contributed by atoms with E-state index in [0.717, 1.165) is 22.5 Å². The molecule has 0 amide bonds. The third kappa shape index (κ3) is 3.71. The van der Waals surface area contributed by atoms with E-state index in [1.807, 2.05) is 30.5 Å². The van der Waals surface area contributed by atoms with Gasteiger partial charge in [-0.1, -0.05) is 23.7 Å². The van der Waals surface area contributed by atoms with Crippen molar-refractivity contribution < 1.29 is 9.53 Å².